The van der Waals surface area contributed by atoms with Crippen LogP contribution in [0.15, 0.2) is 46.6 Å². The van der Waals surface area contributed by atoms with Crippen LogP contribution in [0.3, 0.4) is 0 Å². The van der Waals surface area contributed by atoms with Crippen molar-refractivity contribution in [1.82, 2.24) is 14.9 Å². The summed E-state index contributed by atoms with van der Waals surface area (Å²) in [6, 6.07) is 10.8. The molecule has 3 rings (SSSR count). The SMILES string of the molecule is Nn1c(Nc2ccc(Cl)cc2)nnc(C=Cc2cccs2)c1=O. The number of anilines is 2. The predicted molar refractivity (Wildman–Crippen MR) is 94.4 cm³/mol. The van der Waals surface area contributed by atoms with Gasteiger partial charge < -0.3 is 11.2 Å². The maximum atomic E-state index is 12.2. The summed E-state index contributed by atoms with van der Waals surface area (Å²) in [4.78, 5) is 13.2. The summed E-state index contributed by atoms with van der Waals surface area (Å²) >= 11 is 7.39. The van der Waals surface area contributed by atoms with Gasteiger partial charge in [-0.3, -0.25) is 4.79 Å². The summed E-state index contributed by atoms with van der Waals surface area (Å²) in [5, 5.41) is 13.4. The van der Waals surface area contributed by atoms with E-state index in [1.54, 1.807) is 47.8 Å². The van der Waals surface area contributed by atoms with Crippen LogP contribution in [0.25, 0.3) is 12.2 Å². The molecule has 116 valence electrons. The summed E-state index contributed by atoms with van der Waals surface area (Å²) < 4.78 is 0.926. The van der Waals surface area contributed by atoms with Crippen LogP contribution in [0, 0.1) is 0 Å². The highest BCUT2D eigenvalue weighted by Crippen LogP contribution is 2.16. The first-order chi connectivity index (χ1) is 11.1. The molecule has 3 aromatic rings. The fourth-order valence-electron chi connectivity index (χ4n) is 1.81. The van der Waals surface area contributed by atoms with Gasteiger partial charge in [0.05, 0.1) is 0 Å². The number of nitrogen functional groups attached to an aromatic ring is 1. The first kappa shape index (κ1) is 15.3. The molecule has 0 spiro atoms. The lowest BCUT2D eigenvalue weighted by Gasteiger charge is -2.09. The second-order valence-electron chi connectivity index (χ2n) is 4.56. The van der Waals surface area contributed by atoms with E-state index in [0.29, 0.717) is 10.7 Å². The van der Waals surface area contributed by atoms with Crippen LogP contribution < -0.4 is 16.7 Å². The molecule has 6 nitrogen and oxygen atoms in total. The van der Waals surface area contributed by atoms with E-state index >= 15 is 0 Å². The van der Waals surface area contributed by atoms with Crippen LogP contribution in [-0.4, -0.2) is 14.9 Å². The fraction of sp³-hybridized carbons (Fsp3) is 0. The number of thiophene rings is 1. The number of nitrogens with zero attached hydrogens (tertiary/aromatic N) is 3. The Kier molecular flexibility index (Phi) is 4.40. The molecule has 3 N–H and O–H groups in total. The van der Waals surface area contributed by atoms with E-state index < -0.39 is 5.56 Å². The second-order valence-corrected chi connectivity index (χ2v) is 5.98. The Morgan fingerprint density at radius 1 is 1.17 bits per heavy atom. The van der Waals surface area contributed by atoms with Crippen molar-refractivity contribution < 1.29 is 0 Å². The largest absolute Gasteiger partial charge is 0.333 e. The van der Waals surface area contributed by atoms with Crippen molar-refractivity contribution in [3.8, 4) is 0 Å². The van der Waals surface area contributed by atoms with Gasteiger partial charge in [-0.2, -0.15) is 4.68 Å². The van der Waals surface area contributed by atoms with Crippen LogP contribution >= 0.6 is 22.9 Å². The molecule has 0 unspecified atom stereocenters. The maximum Gasteiger partial charge on any atom is 0.299 e. The zero-order valence-corrected chi connectivity index (χ0v) is 13.4. The van der Waals surface area contributed by atoms with Crippen molar-refractivity contribution >= 4 is 46.7 Å². The highest BCUT2D eigenvalue weighted by atomic mass is 35.5. The minimum Gasteiger partial charge on any atom is -0.333 e. The lowest BCUT2D eigenvalue weighted by molar-refractivity contribution is 0.828. The number of halogens is 1. The molecule has 0 fully saturated rings. The topological polar surface area (TPSA) is 85.8 Å². The number of nitrogens with two attached hydrogens (primary N) is 1. The Bertz CT molecular complexity index is 887. The Morgan fingerprint density at radius 2 is 1.96 bits per heavy atom. The summed E-state index contributed by atoms with van der Waals surface area (Å²) in [7, 11) is 0. The highest BCUT2D eigenvalue weighted by Gasteiger charge is 2.08. The van der Waals surface area contributed by atoms with Crippen LogP contribution in [0.4, 0.5) is 11.6 Å². The van der Waals surface area contributed by atoms with Gasteiger partial charge in [0.25, 0.3) is 5.56 Å². The Hall–Kier alpha value is -2.64. The molecule has 8 heteroatoms. The first-order valence-electron chi connectivity index (χ1n) is 6.62. The second kappa shape index (κ2) is 6.64. The van der Waals surface area contributed by atoms with Gasteiger partial charge >= 0.3 is 0 Å². The molecule has 0 aliphatic rings. The quantitative estimate of drug-likeness (QED) is 0.710. The van der Waals surface area contributed by atoms with Crippen molar-refractivity contribution in [2.45, 2.75) is 0 Å². The third kappa shape index (κ3) is 3.58. The number of benzene rings is 1. The van der Waals surface area contributed by atoms with Crippen molar-refractivity contribution in [2.24, 2.45) is 0 Å². The Balaban J connectivity index is 1.85. The van der Waals surface area contributed by atoms with Gasteiger partial charge in [-0.25, -0.2) is 0 Å². The fourth-order valence-corrected chi connectivity index (χ4v) is 2.56. The highest BCUT2D eigenvalue weighted by molar-refractivity contribution is 7.10. The normalized spacial score (nSPS) is 11.0. The molecular formula is C15H12ClN5OS. The van der Waals surface area contributed by atoms with Crippen LogP contribution in [0.2, 0.25) is 5.02 Å². The van der Waals surface area contributed by atoms with E-state index in [1.807, 2.05) is 17.5 Å². The lowest BCUT2D eigenvalue weighted by Crippen LogP contribution is -2.32. The lowest BCUT2D eigenvalue weighted by atomic mass is 10.3. The van der Waals surface area contributed by atoms with Crippen molar-refractivity contribution in [3.63, 3.8) is 0 Å². The van der Waals surface area contributed by atoms with Gasteiger partial charge in [0.2, 0.25) is 5.95 Å². The molecule has 0 radical (unpaired) electrons. The minimum atomic E-state index is -0.440. The monoisotopic (exact) mass is 345 g/mol. The molecule has 0 bridgehead atoms. The zero-order chi connectivity index (χ0) is 16.2. The molecule has 0 atom stereocenters. The molecule has 0 aliphatic carbocycles. The van der Waals surface area contributed by atoms with E-state index in [-0.39, 0.29) is 11.6 Å². The van der Waals surface area contributed by atoms with Gasteiger partial charge in [-0.1, -0.05) is 17.7 Å². The standard InChI is InChI=1S/C15H12ClN5OS/c16-10-3-5-11(6-4-10)18-15-20-19-13(14(22)21(15)17)8-7-12-2-1-9-23-12/h1-9H,17H2,(H,18,20). The molecule has 23 heavy (non-hydrogen) atoms. The Morgan fingerprint density at radius 3 is 2.65 bits per heavy atom. The predicted octanol–water partition coefficient (Wildman–Crippen LogP) is 2.98. The molecule has 2 aromatic heterocycles. The number of hydrogen-bond acceptors (Lipinski definition) is 6. The van der Waals surface area contributed by atoms with E-state index in [1.165, 1.54) is 0 Å². The average Bonchev–Trinajstić information content (AvgIpc) is 3.07. The summed E-state index contributed by atoms with van der Waals surface area (Å²) in [6.07, 6.45) is 3.39. The third-order valence-corrected chi connectivity index (χ3v) is 4.06. The van der Waals surface area contributed by atoms with Crippen molar-refractivity contribution in [1.29, 1.82) is 0 Å². The minimum absolute atomic E-state index is 0.144. The smallest absolute Gasteiger partial charge is 0.299 e. The number of hydrogen-bond donors (Lipinski definition) is 2. The maximum absolute atomic E-state index is 12.2. The number of aromatic nitrogens is 3. The molecular weight excluding hydrogens is 334 g/mol. The average molecular weight is 346 g/mol. The van der Waals surface area contributed by atoms with Gasteiger partial charge in [0.15, 0.2) is 5.69 Å². The molecule has 0 aliphatic heterocycles. The van der Waals surface area contributed by atoms with E-state index in [9.17, 15) is 4.79 Å². The number of rotatable bonds is 4. The molecule has 1 aromatic carbocycles. The number of nitrogens with one attached hydrogen (secondary N) is 1. The van der Waals surface area contributed by atoms with Crippen LogP contribution in [0.1, 0.15) is 10.6 Å². The summed E-state index contributed by atoms with van der Waals surface area (Å²) in [6.45, 7) is 0. The van der Waals surface area contributed by atoms with E-state index in [4.69, 9.17) is 17.4 Å². The Labute approximate surface area is 140 Å². The molecule has 0 saturated heterocycles. The van der Waals surface area contributed by atoms with Gasteiger partial charge in [0.1, 0.15) is 0 Å². The van der Waals surface area contributed by atoms with E-state index in [0.717, 1.165) is 9.55 Å². The molecule has 0 saturated carbocycles. The summed E-state index contributed by atoms with van der Waals surface area (Å²) in [5.74, 6) is 5.94. The zero-order valence-electron chi connectivity index (χ0n) is 11.8. The first-order valence-corrected chi connectivity index (χ1v) is 7.88. The molecule has 2 heterocycles. The van der Waals surface area contributed by atoms with Gasteiger partial charge in [0, 0.05) is 15.6 Å². The van der Waals surface area contributed by atoms with Crippen LogP contribution in [0.5, 0.6) is 0 Å². The summed E-state index contributed by atoms with van der Waals surface area (Å²) in [5.41, 5.74) is 0.427. The molecule has 0 amide bonds. The van der Waals surface area contributed by atoms with Gasteiger partial charge in [-0.05, 0) is 47.9 Å². The van der Waals surface area contributed by atoms with Gasteiger partial charge in [-0.15, -0.1) is 21.5 Å². The van der Waals surface area contributed by atoms with Crippen LogP contribution in [-0.2, 0) is 0 Å². The van der Waals surface area contributed by atoms with Crippen molar-refractivity contribution in [2.75, 3.05) is 11.2 Å². The van der Waals surface area contributed by atoms with E-state index in [2.05, 4.69) is 15.5 Å². The van der Waals surface area contributed by atoms with Crippen molar-refractivity contribution in [3.05, 3.63) is 67.7 Å². The third-order valence-electron chi connectivity index (χ3n) is 2.97.